The van der Waals surface area contributed by atoms with E-state index in [0.29, 0.717) is 43.1 Å². The molecular formula is C21H23ClN2O4. The molecule has 2 aromatic rings. The number of Topliss-reactive ketones (excluding diaryl/α,β-unsaturated/α-hetero) is 1. The van der Waals surface area contributed by atoms with E-state index in [1.54, 1.807) is 42.5 Å². The third-order valence-electron chi connectivity index (χ3n) is 5.40. The zero-order valence-corrected chi connectivity index (χ0v) is 16.2. The Balaban J connectivity index is 1.57. The van der Waals surface area contributed by atoms with E-state index in [9.17, 15) is 20.0 Å². The highest BCUT2D eigenvalue weighted by molar-refractivity contribution is 6.30. The highest BCUT2D eigenvalue weighted by Crippen LogP contribution is 2.33. The van der Waals surface area contributed by atoms with Crippen LogP contribution < -0.4 is 0 Å². The molecule has 1 saturated heterocycles. The fraction of sp³-hybridized carbons (Fsp3) is 0.381. The molecule has 1 fully saturated rings. The molecule has 1 heterocycles. The number of hydrogen-bond acceptors (Lipinski definition) is 5. The van der Waals surface area contributed by atoms with Crippen LogP contribution in [0.1, 0.15) is 35.2 Å². The molecule has 0 radical (unpaired) electrons. The van der Waals surface area contributed by atoms with Crippen LogP contribution in [0.3, 0.4) is 0 Å². The van der Waals surface area contributed by atoms with E-state index >= 15 is 0 Å². The van der Waals surface area contributed by atoms with Crippen LogP contribution in [-0.2, 0) is 5.60 Å². The van der Waals surface area contributed by atoms with Gasteiger partial charge in [0.05, 0.1) is 5.60 Å². The summed E-state index contributed by atoms with van der Waals surface area (Å²) in [7, 11) is 0. The minimum absolute atomic E-state index is 0.153. The van der Waals surface area contributed by atoms with Gasteiger partial charge in [-0.1, -0.05) is 54.1 Å². The molecule has 1 aliphatic rings. The van der Waals surface area contributed by atoms with Gasteiger partial charge in [-0.25, -0.2) is 0 Å². The average molecular weight is 403 g/mol. The van der Waals surface area contributed by atoms with Gasteiger partial charge in [0.2, 0.25) is 5.78 Å². The van der Waals surface area contributed by atoms with Gasteiger partial charge in [-0.3, -0.25) is 14.9 Å². The summed E-state index contributed by atoms with van der Waals surface area (Å²) in [4.78, 5) is 25.5. The Morgan fingerprint density at radius 1 is 1.14 bits per heavy atom. The lowest BCUT2D eigenvalue weighted by Crippen LogP contribution is -2.44. The van der Waals surface area contributed by atoms with Crippen molar-refractivity contribution >= 4 is 17.4 Å². The van der Waals surface area contributed by atoms with Crippen LogP contribution in [0.15, 0.2) is 54.6 Å². The van der Waals surface area contributed by atoms with Crippen LogP contribution in [0.4, 0.5) is 0 Å². The molecule has 0 bridgehead atoms. The van der Waals surface area contributed by atoms with E-state index in [4.69, 9.17) is 11.6 Å². The van der Waals surface area contributed by atoms with Gasteiger partial charge in [0.15, 0.2) is 0 Å². The van der Waals surface area contributed by atoms with E-state index in [1.807, 2.05) is 12.1 Å². The summed E-state index contributed by atoms with van der Waals surface area (Å²) < 4.78 is 0. The van der Waals surface area contributed by atoms with E-state index in [-0.39, 0.29) is 6.42 Å². The minimum atomic E-state index is -1.25. The number of carbonyl (C=O) groups is 1. The fourth-order valence-corrected chi connectivity index (χ4v) is 3.75. The van der Waals surface area contributed by atoms with E-state index < -0.39 is 22.3 Å². The number of carbonyl (C=O) groups excluding carboxylic acids is 1. The normalized spacial score (nSPS) is 17.8. The van der Waals surface area contributed by atoms with Gasteiger partial charge in [-0.15, -0.1) is 0 Å². The second-order valence-electron chi connectivity index (χ2n) is 7.20. The van der Waals surface area contributed by atoms with Crippen molar-refractivity contribution in [2.45, 2.75) is 30.9 Å². The van der Waals surface area contributed by atoms with Crippen molar-refractivity contribution in [2.24, 2.45) is 0 Å². The quantitative estimate of drug-likeness (QED) is 0.435. The third-order valence-corrected chi connectivity index (χ3v) is 5.65. The maximum absolute atomic E-state index is 12.5. The number of piperidine rings is 1. The number of benzene rings is 2. The first kappa shape index (κ1) is 20.5. The molecule has 1 unspecified atom stereocenters. The van der Waals surface area contributed by atoms with Crippen LogP contribution >= 0.6 is 11.6 Å². The molecule has 0 spiro atoms. The van der Waals surface area contributed by atoms with Crippen LogP contribution in [0.2, 0.25) is 5.02 Å². The third kappa shape index (κ3) is 4.76. The number of aliphatic hydroxyl groups is 1. The molecule has 6 nitrogen and oxygen atoms in total. The van der Waals surface area contributed by atoms with Gasteiger partial charge in [-0.05, 0) is 30.5 Å². The SMILES string of the molecule is O=C(c1ccccc1)C(CCN1CCC(O)(c2ccc(Cl)cc2)CC1)[N+](=O)[O-]. The molecule has 148 valence electrons. The Kier molecular flexibility index (Phi) is 6.44. The maximum Gasteiger partial charge on any atom is 0.276 e. The van der Waals surface area contributed by atoms with E-state index in [0.717, 1.165) is 5.56 Å². The molecular weight excluding hydrogens is 380 g/mol. The predicted octanol–water partition coefficient (Wildman–Crippen LogP) is 3.54. The van der Waals surface area contributed by atoms with Crippen molar-refractivity contribution in [3.8, 4) is 0 Å². The number of ketones is 1. The average Bonchev–Trinajstić information content (AvgIpc) is 2.70. The molecule has 0 aromatic heterocycles. The van der Waals surface area contributed by atoms with Crippen LogP contribution in [0.25, 0.3) is 0 Å². The monoisotopic (exact) mass is 402 g/mol. The standard InChI is InChI=1S/C21H23ClN2O4/c22-18-8-6-17(7-9-18)21(26)11-14-23(15-12-21)13-10-19(24(27)28)20(25)16-4-2-1-3-5-16/h1-9,19,26H,10-15H2. The molecule has 7 heteroatoms. The Hall–Kier alpha value is -2.28. The topological polar surface area (TPSA) is 83.7 Å². The zero-order valence-electron chi connectivity index (χ0n) is 15.5. The second-order valence-corrected chi connectivity index (χ2v) is 7.64. The largest absolute Gasteiger partial charge is 0.385 e. The summed E-state index contributed by atoms with van der Waals surface area (Å²) in [6.45, 7) is 1.67. The highest BCUT2D eigenvalue weighted by atomic mass is 35.5. The van der Waals surface area contributed by atoms with Crippen molar-refractivity contribution < 1.29 is 14.8 Å². The maximum atomic E-state index is 12.5. The van der Waals surface area contributed by atoms with Gasteiger partial charge in [0.1, 0.15) is 0 Å². The molecule has 0 amide bonds. The molecule has 3 rings (SSSR count). The lowest BCUT2D eigenvalue weighted by molar-refractivity contribution is -0.506. The number of halogens is 1. The molecule has 0 saturated carbocycles. The molecule has 1 atom stereocenters. The highest BCUT2D eigenvalue weighted by Gasteiger charge is 2.36. The van der Waals surface area contributed by atoms with Crippen molar-refractivity contribution in [1.82, 2.24) is 4.90 Å². The summed E-state index contributed by atoms with van der Waals surface area (Å²) in [5, 5.41) is 23.0. The number of rotatable bonds is 7. The summed E-state index contributed by atoms with van der Waals surface area (Å²) in [5.41, 5.74) is 0.280. The lowest BCUT2D eigenvalue weighted by Gasteiger charge is -2.38. The second kappa shape index (κ2) is 8.82. The lowest BCUT2D eigenvalue weighted by atomic mass is 9.84. The summed E-state index contributed by atoms with van der Waals surface area (Å²) in [5.74, 6) is -0.458. The summed E-state index contributed by atoms with van der Waals surface area (Å²) in [6.07, 6.45) is 1.22. The molecule has 2 aromatic carbocycles. The van der Waals surface area contributed by atoms with Crippen molar-refractivity contribution in [3.63, 3.8) is 0 Å². The van der Waals surface area contributed by atoms with Gasteiger partial charge in [0, 0.05) is 41.6 Å². The number of nitro groups is 1. The van der Waals surface area contributed by atoms with Crippen LogP contribution in [0, 0.1) is 10.1 Å². The first-order valence-electron chi connectivity index (χ1n) is 9.32. The Bertz CT molecular complexity index is 818. The summed E-state index contributed by atoms with van der Waals surface area (Å²) in [6, 6.07) is 14.3. The van der Waals surface area contributed by atoms with Crippen molar-refractivity contribution in [2.75, 3.05) is 19.6 Å². The molecule has 1 N–H and O–H groups in total. The first-order chi connectivity index (χ1) is 13.4. The van der Waals surface area contributed by atoms with Gasteiger partial charge in [0.25, 0.3) is 6.04 Å². The van der Waals surface area contributed by atoms with Gasteiger partial charge >= 0.3 is 0 Å². The van der Waals surface area contributed by atoms with Gasteiger partial charge < -0.3 is 10.0 Å². The van der Waals surface area contributed by atoms with Crippen LogP contribution in [0.5, 0.6) is 0 Å². The smallest absolute Gasteiger partial charge is 0.276 e. The first-order valence-corrected chi connectivity index (χ1v) is 9.70. The Morgan fingerprint density at radius 3 is 2.32 bits per heavy atom. The van der Waals surface area contributed by atoms with Gasteiger partial charge in [-0.2, -0.15) is 0 Å². The minimum Gasteiger partial charge on any atom is -0.385 e. The zero-order chi connectivity index (χ0) is 20.1. The number of nitrogens with zero attached hydrogens (tertiary/aromatic N) is 2. The van der Waals surface area contributed by atoms with E-state index in [2.05, 4.69) is 4.90 Å². The summed E-state index contributed by atoms with van der Waals surface area (Å²) >= 11 is 5.91. The molecule has 1 aliphatic heterocycles. The molecule has 0 aliphatic carbocycles. The predicted molar refractivity (Wildman–Crippen MR) is 107 cm³/mol. The number of hydrogen-bond donors (Lipinski definition) is 1. The van der Waals surface area contributed by atoms with E-state index in [1.165, 1.54) is 0 Å². The Morgan fingerprint density at radius 2 is 1.75 bits per heavy atom. The number of likely N-dealkylation sites (tertiary alicyclic amines) is 1. The van der Waals surface area contributed by atoms with Crippen LogP contribution in [-0.4, -0.2) is 46.4 Å². The molecule has 28 heavy (non-hydrogen) atoms. The fourth-order valence-electron chi connectivity index (χ4n) is 3.63. The van der Waals surface area contributed by atoms with Crippen molar-refractivity contribution in [1.29, 1.82) is 0 Å². The Labute approximate surface area is 168 Å². The van der Waals surface area contributed by atoms with Crippen molar-refractivity contribution in [3.05, 3.63) is 80.9 Å².